The smallest absolute Gasteiger partial charge is 0.265 e. The molecule has 2 heterocycles. The lowest BCUT2D eigenvalue weighted by Gasteiger charge is -2.08. The first-order valence-corrected chi connectivity index (χ1v) is 9.57. The number of anilines is 1. The van der Waals surface area contributed by atoms with Crippen molar-refractivity contribution in [2.75, 3.05) is 5.32 Å². The summed E-state index contributed by atoms with van der Waals surface area (Å²) in [5.74, 6) is 1.21. The van der Waals surface area contributed by atoms with E-state index in [0.29, 0.717) is 23.1 Å². The fraction of sp³-hybridized carbons (Fsp3) is 0.300. The highest BCUT2D eigenvalue weighted by Gasteiger charge is 2.11. The highest BCUT2D eigenvalue weighted by molar-refractivity contribution is 7.12. The zero-order valence-electron chi connectivity index (χ0n) is 15.2. The van der Waals surface area contributed by atoms with Crippen LogP contribution >= 0.6 is 11.3 Å². The van der Waals surface area contributed by atoms with Crippen molar-refractivity contribution < 1.29 is 9.53 Å². The SMILES string of the molecule is CCn1cc(NC(=O)c2cc(COc3ccc(C(C)C)cc3)cs2)cn1. The molecule has 2 aromatic heterocycles. The van der Waals surface area contributed by atoms with Gasteiger partial charge in [-0.2, -0.15) is 5.10 Å². The van der Waals surface area contributed by atoms with Crippen LogP contribution in [-0.4, -0.2) is 15.7 Å². The Morgan fingerprint density at radius 1 is 1.31 bits per heavy atom. The predicted molar refractivity (Wildman–Crippen MR) is 105 cm³/mol. The minimum Gasteiger partial charge on any atom is -0.489 e. The molecule has 0 aliphatic heterocycles. The number of nitrogens with one attached hydrogen (secondary N) is 1. The van der Waals surface area contributed by atoms with E-state index in [1.165, 1.54) is 16.9 Å². The first kappa shape index (κ1) is 18.2. The predicted octanol–water partition coefficient (Wildman–Crippen LogP) is 4.92. The van der Waals surface area contributed by atoms with Gasteiger partial charge < -0.3 is 10.1 Å². The van der Waals surface area contributed by atoms with E-state index < -0.39 is 0 Å². The Bertz CT molecular complexity index is 865. The standard InChI is InChI=1S/C20H23N3O2S/c1-4-23-11-17(10-21-23)22-20(24)19-9-15(13-26-19)12-25-18-7-5-16(6-8-18)14(2)3/h5-11,13-14H,4,12H2,1-3H3,(H,22,24). The number of benzene rings is 1. The van der Waals surface area contributed by atoms with Crippen LogP contribution in [0.3, 0.4) is 0 Å². The van der Waals surface area contributed by atoms with Crippen molar-refractivity contribution in [3.05, 3.63) is 64.1 Å². The van der Waals surface area contributed by atoms with Crippen LogP contribution in [0.25, 0.3) is 0 Å². The summed E-state index contributed by atoms with van der Waals surface area (Å²) in [6.07, 6.45) is 3.47. The Labute approximate surface area is 157 Å². The largest absolute Gasteiger partial charge is 0.489 e. The number of nitrogens with zero attached hydrogens (tertiary/aromatic N) is 2. The van der Waals surface area contributed by atoms with Crippen LogP contribution in [0.4, 0.5) is 5.69 Å². The number of rotatable bonds is 7. The van der Waals surface area contributed by atoms with Gasteiger partial charge in [0.05, 0.1) is 16.8 Å². The van der Waals surface area contributed by atoms with E-state index in [-0.39, 0.29) is 5.91 Å². The number of ether oxygens (including phenoxy) is 1. The number of carbonyl (C=O) groups is 1. The van der Waals surface area contributed by atoms with E-state index in [0.717, 1.165) is 17.9 Å². The van der Waals surface area contributed by atoms with E-state index >= 15 is 0 Å². The molecule has 0 spiro atoms. The van der Waals surface area contributed by atoms with Crippen LogP contribution in [0, 0.1) is 0 Å². The molecule has 26 heavy (non-hydrogen) atoms. The maximum atomic E-state index is 12.3. The molecule has 0 bridgehead atoms. The van der Waals surface area contributed by atoms with Gasteiger partial charge in [-0.25, -0.2) is 0 Å². The van der Waals surface area contributed by atoms with Crippen molar-refractivity contribution in [1.82, 2.24) is 9.78 Å². The zero-order chi connectivity index (χ0) is 18.5. The quantitative estimate of drug-likeness (QED) is 0.643. The van der Waals surface area contributed by atoms with Crippen molar-refractivity contribution in [3.63, 3.8) is 0 Å². The lowest BCUT2D eigenvalue weighted by Crippen LogP contribution is -2.09. The van der Waals surface area contributed by atoms with Gasteiger partial charge in [0.2, 0.25) is 0 Å². The third-order valence-electron chi connectivity index (χ3n) is 4.04. The molecule has 0 atom stereocenters. The molecule has 0 fully saturated rings. The summed E-state index contributed by atoms with van der Waals surface area (Å²) >= 11 is 1.41. The summed E-state index contributed by atoms with van der Waals surface area (Å²) in [5, 5.41) is 8.97. The van der Waals surface area contributed by atoms with E-state index in [4.69, 9.17) is 4.74 Å². The van der Waals surface area contributed by atoms with E-state index in [2.05, 4.69) is 36.4 Å². The highest BCUT2D eigenvalue weighted by Crippen LogP contribution is 2.21. The summed E-state index contributed by atoms with van der Waals surface area (Å²) in [5.41, 5.74) is 2.98. The second-order valence-corrected chi connectivity index (χ2v) is 7.28. The summed E-state index contributed by atoms with van der Waals surface area (Å²) in [6, 6.07) is 10.0. The van der Waals surface area contributed by atoms with Gasteiger partial charge >= 0.3 is 0 Å². The van der Waals surface area contributed by atoms with E-state index in [1.54, 1.807) is 10.9 Å². The van der Waals surface area contributed by atoms with Gasteiger partial charge in [-0.05, 0) is 42.0 Å². The molecule has 0 aliphatic rings. The molecule has 3 aromatic rings. The molecular formula is C20H23N3O2S. The fourth-order valence-corrected chi connectivity index (χ4v) is 3.27. The summed E-state index contributed by atoms with van der Waals surface area (Å²) in [7, 11) is 0. The molecule has 1 amide bonds. The molecule has 3 rings (SSSR count). The van der Waals surface area contributed by atoms with Crippen molar-refractivity contribution in [3.8, 4) is 5.75 Å². The Morgan fingerprint density at radius 2 is 2.08 bits per heavy atom. The molecule has 0 aliphatic carbocycles. The molecule has 0 saturated heterocycles. The van der Waals surface area contributed by atoms with Gasteiger partial charge in [0.15, 0.2) is 0 Å². The van der Waals surface area contributed by atoms with Crippen molar-refractivity contribution in [2.45, 2.75) is 39.8 Å². The topological polar surface area (TPSA) is 56.2 Å². The van der Waals surface area contributed by atoms with Gasteiger partial charge in [0.1, 0.15) is 12.4 Å². The lowest BCUT2D eigenvalue weighted by molar-refractivity contribution is 0.103. The van der Waals surface area contributed by atoms with E-state index in [9.17, 15) is 4.79 Å². The number of hydrogen-bond donors (Lipinski definition) is 1. The molecule has 6 heteroatoms. The molecule has 0 saturated carbocycles. The Balaban J connectivity index is 1.56. The van der Waals surface area contributed by atoms with Gasteiger partial charge in [0, 0.05) is 18.3 Å². The highest BCUT2D eigenvalue weighted by atomic mass is 32.1. The van der Waals surface area contributed by atoms with Gasteiger partial charge in [-0.1, -0.05) is 26.0 Å². The van der Waals surface area contributed by atoms with Crippen LogP contribution in [0.15, 0.2) is 48.1 Å². The molecule has 5 nitrogen and oxygen atoms in total. The third kappa shape index (κ3) is 4.52. The third-order valence-corrected chi connectivity index (χ3v) is 5.02. The average Bonchev–Trinajstić information content (AvgIpc) is 3.29. The molecule has 0 unspecified atom stereocenters. The summed E-state index contributed by atoms with van der Waals surface area (Å²) in [6.45, 7) is 7.55. The summed E-state index contributed by atoms with van der Waals surface area (Å²) in [4.78, 5) is 13.0. The molecule has 1 N–H and O–H groups in total. The first-order chi connectivity index (χ1) is 12.5. The van der Waals surface area contributed by atoms with Gasteiger partial charge in [-0.3, -0.25) is 9.48 Å². The lowest BCUT2D eigenvalue weighted by atomic mass is 10.0. The molecule has 136 valence electrons. The van der Waals surface area contributed by atoms with Crippen molar-refractivity contribution in [2.24, 2.45) is 0 Å². The maximum Gasteiger partial charge on any atom is 0.265 e. The monoisotopic (exact) mass is 369 g/mol. The average molecular weight is 369 g/mol. The normalized spacial score (nSPS) is 10.9. The summed E-state index contributed by atoms with van der Waals surface area (Å²) < 4.78 is 7.59. The Morgan fingerprint density at radius 3 is 2.73 bits per heavy atom. The number of aryl methyl sites for hydroxylation is 1. The Kier molecular flexibility index (Phi) is 5.73. The molecular weight excluding hydrogens is 346 g/mol. The second kappa shape index (κ2) is 8.19. The molecule has 0 radical (unpaired) electrons. The number of carbonyl (C=O) groups excluding carboxylic acids is 1. The second-order valence-electron chi connectivity index (χ2n) is 6.37. The number of hydrogen-bond acceptors (Lipinski definition) is 4. The van der Waals surface area contributed by atoms with Crippen LogP contribution in [-0.2, 0) is 13.2 Å². The minimum atomic E-state index is -0.127. The maximum absolute atomic E-state index is 12.3. The number of amides is 1. The van der Waals surface area contributed by atoms with Crippen molar-refractivity contribution >= 4 is 22.9 Å². The number of aromatic nitrogens is 2. The minimum absolute atomic E-state index is 0.127. The van der Waals surface area contributed by atoms with Gasteiger partial charge in [0.25, 0.3) is 5.91 Å². The van der Waals surface area contributed by atoms with Crippen LogP contribution < -0.4 is 10.1 Å². The van der Waals surface area contributed by atoms with E-state index in [1.807, 2.05) is 36.7 Å². The number of thiophene rings is 1. The zero-order valence-corrected chi connectivity index (χ0v) is 16.0. The fourth-order valence-electron chi connectivity index (χ4n) is 2.48. The van der Waals surface area contributed by atoms with Crippen LogP contribution in [0.1, 0.15) is 47.5 Å². The van der Waals surface area contributed by atoms with Gasteiger partial charge in [-0.15, -0.1) is 11.3 Å². The Hall–Kier alpha value is -2.60. The van der Waals surface area contributed by atoms with Crippen LogP contribution in [0.5, 0.6) is 5.75 Å². The molecule has 1 aromatic carbocycles. The van der Waals surface area contributed by atoms with Crippen LogP contribution in [0.2, 0.25) is 0 Å². The first-order valence-electron chi connectivity index (χ1n) is 8.69. The van der Waals surface area contributed by atoms with Crippen molar-refractivity contribution in [1.29, 1.82) is 0 Å².